The number of aliphatic imine (C=N–C) groups is 1. The van der Waals surface area contributed by atoms with Gasteiger partial charge in [0.05, 0.1) is 13.2 Å². The second-order valence-corrected chi connectivity index (χ2v) is 5.96. The van der Waals surface area contributed by atoms with Crippen LogP contribution in [0.25, 0.3) is 0 Å². The van der Waals surface area contributed by atoms with Gasteiger partial charge in [0.2, 0.25) is 0 Å². The molecule has 1 aliphatic heterocycles. The average molecular weight is 305 g/mol. The van der Waals surface area contributed by atoms with E-state index in [0.29, 0.717) is 19.1 Å². The Morgan fingerprint density at radius 2 is 2.05 bits per heavy atom. The highest BCUT2D eigenvalue weighted by molar-refractivity contribution is 5.78. The molecule has 0 bridgehead atoms. The molecular formula is C17H27N3O2. The number of rotatable bonds is 6. The standard InChI is InChI=1S/C17H27N3O2/c1-14(12-21-2)20-16(18)19-13-17(8-10-22-11-9-17)15-6-4-3-5-7-15/h3-7,14H,8-13H2,1-2H3,(H3,18,19,20). The van der Waals surface area contributed by atoms with Crippen molar-refractivity contribution in [2.24, 2.45) is 10.7 Å². The maximum Gasteiger partial charge on any atom is 0.188 e. The first-order valence-corrected chi connectivity index (χ1v) is 7.85. The van der Waals surface area contributed by atoms with Gasteiger partial charge in [0.15, 0.2) is 5.96 Å². The molecule has 1 saturated heterocycles. The van der Waals surface area contributed by atoms with Crippen molar-refractivity contribution in [2.45, 2.75) is 31.2 Å². The van der Waals surface area contributed by atoms with Crippen molar-refractivity contribution in [1.29, 1.82) is 0 Å². The highest BCUT2D eigenvalue weighted by atomic mass is 16.5. The summed E-state index contributed by atoms with van der Waals surface area (Å²) in [5, 5.41) is 3.16. The van der Waals surface area contributed by atoms with Gasteiger partial charge in [-0.1, -0.05) is 30.3 Å². The Kier molecular flexibility index (Phi) is 6.21. The van der Waals surface area contributed by atoms with Crippen molar-refractivity contribution in [1.82, 2.24) is 5.32 Å². The van der Waals surface area contributed by atoms with E-state index < -0.39 is 0 Å². The molecule has 0 aliphatic carbocycles. The molecule has 1 aromatic carbocycles. The van der Waals surface area contributed by atoms with Crippen LogP contribution in [-0.2, 0) is 14.9 Å². The van der Waals surface area contributed by atoms with Gasteiger partial charge < -0.3 is 20.5 Å². The van der Waals surface area contributed by atoms with Crippen molar-refractivity contribution < 1.29 is 9.47 Å². The Bertz CT molecular complexity index is 470. The molecule has 1 atom stereocenters. The Balaban J connectivity index is 2.07. The summed E-state index contributed by atoms with van der Waals surface area (Å²) in [5.74, 6) is 0.478. The molecule has 0 radical (unpaired) electrons. The maximum absolute atomic E-state index is 6.01. The molecular weight excluding hydrogens is 278 g/mol. The fourth-order valence-electron chi connectivity index (χ4n) is 2.92. The lowest BCUT2D eigenvalue weighted by atomic mass is 9.74. The first-order chi connectivity index (χ1) is 10.7. The van der Waals surface area contributed by atoms with E-state index in [9.17, 15) is 0 Å². The number of hydrogen-bond donors (Lipinski definition) is 2. The third-order valence-corrected chi connectivity index (χ3v) is 4.20. The zero-order valence-corrected chi connectivity index (χ0v) is 13.5. The maximum atomic E-state index is 6.01. The van der Waals surface area contributed by atoms with E-state index in [4.69, 9.17) is 15.2 Å². The number of ether oxygens (including phenoxy) is 2. The van der Waals surface area contributed by atoms with Gasteiger partial charge in [0.1, 0.15) is 0 Å². The van der Waals surface area contributed by atoms with E-state index in [1.54, 1.807) is 7.11 Å². The topological polar surface area (TPSA) is 68.9 Å². The van der Waals surface area contributed by atoms with Crippen molar-refractivity contribution >= 4 is 5.96 Å². The summed E-state index contributed by atoms with van der Waals surface area (Å²) in [6, 6.07) is 10.7. The normalized spacial score (nSPS) is 19.6. The number of benzene rings is 1. The molecule has 0 aromatic heterocycles. The number of nitrogens with two attached hydrogens (primary N) is 1. The second kappa shape index (κ2) is 8.15. The van der Waals surface area contributed by atoms with Crippen LogP contribution in [0.15, 0.2) is 35.3 Å². The molecule has 5 heteroatoms. The Hall–Kier alpha value is -1.59. The molecule has 5 nitrogen and oxygen atoms in total. The van der Waals surface area contributed by atoms with Crippen LogP contribution in [0.1, 0.15) is 25.3 Å². The summed E-state index contributed by atoms with van der Waals surface area (Å²) in [5.41, 5.74) is 7.35. The molecule has 0 amide bonds. The first-order valence-electron chi connectivity index (χ1n) is 7.85. The molecule has 1 aromatic rings. The molecule has 3 N–H and O–H groups in total. The number of hydrogen-bond acceptors (Lipinski definition) is 3. The number of methoxy groups -OCH3 is 1. The summed E-state index contributed by atoms with van der Waals surface area (Å²) in [7, 11) is 1.68. The summed E-state index contributed by atoms with van der Waals surface area (Å²) in [6.45, 7) is 4.86. The van der Waals surface area contributed by atoms with Crippen molar-refractivity contribution in [3.63, 3.8) is 0 Å². The van der Waals surface area contributed by atoms with Gasteiger partial charge in [0.25, 0.3) is 0 Å². The predicted octanol–water partition coefficient (Wildman–Crippen LogP) is 1.67. The van der Waals surface area contributed by atoms with Crippen molar-refractivity contribution in [3.8, 4) is 0 Å². The zero-order chi connectivity index (χ0) is 15.8. The summed E-state index contributed by atoms with van der Waals surface area (Å²) in [6.07, 6.45) is 1.95. The van der Waals surface area contributed by atoms with Gasteiger partial charge in [-0.2, -0.15) is 0 Å². The van der Waals surface area contributed by atoms with Gasteiger partial charge in [-0.3, -0.25) is 4.99 Å². The van der Waals surface area contributed by atoms with Gasteiger partial charge in [-0.25, -0.2) is 0 Å². The van der Waals surface area contributed by atoms with E-state index in [-0.39, 0.29) is 11.5 Å². The van der Waals surface area contributed by atoms with Crippen LogP contribution in [0.5, 0.6) is 0 Å². The second-order valence-electron chi connectivity index (χ2n) is 5.96. The molecule has 1 fully saturated rings. The molecule has 0 spiro atoms. The smallest absolute Gasteiger partial charge is 0.188 e. The van der Waals surface area contributed by atoms with E-state index in [1.165, 1.54) is 5.56 Å². The van der Waals surface area contributed by atoms with Crippen LogP contribution in [-0.4, -0.2) is 45.5 Å². The quantitative estimate of drug-likeness (QED) is 0.620. The lowest BCUT2D eigenvalue weighted by Gasteiger charge is -2.36. The van der Waals surface area contributed by atoms with E-state index in [1.807, 2.05) is 13.0 Å². The molecule has 1 heterocycles. The third kappa shape index (κ3) is 4.45. The Morgan fingerprint density at radius 3 is 2.68 bits per heavy atom. The van der Waals surface area contributed by atoms with Crippen LogP contribution in [0.2, 0.25) is 0 Å². The van der Waals surface area contributed by atoms with Crippen LogP contribution >= 0.6 is 0 Å². The average Bonchev–Trinajstić information content (AvgIpc) is 2.55. The third-order valence-electron chi connectivity index (χ3n) is 4.20. The van der Waals surface area contributed by atoms with Gasteiger partial charge in [-0.15, -0.1) is 0 Å². The van der Waals surface area contributed by atoms with Crippen LogP contribution < -0.4 is 11.1 Å². The number of guanidine groups is 1. The first kappa shape index (κ1) is 16.8. The molecule has 1 unspecified atom stereocenters. The Morgan fingerprint density at radius 1 is 1.36 bits per heavy atom. The summed E-state index contributed by atoms with van der Waals surface area (Å²) in [4.78, 5) is 4.59. The van der Waals surface area contributed by atoms with Gasteiger partial charge in [0, 0.05) is 31.8 Å². The fraction of sp³-hybridized carbons (Fsp3) is 0.588. The van der Waals surface area contributed by atoms with Crippen LogP contribution in [0, 0.1) is 0 Å². The zero-order valence-electron chi connectivity index (χ0n) is 13.5. The SMILES string of the molecule is COCC(C)NC(N)=NCC1(c2ccccc2)CCOCC1. The minimum absolute atomic E-state index is 0.0241. The molecule has 22 heavy (non-hydrogen) atoms. The van der Waals surface area contributed by atoms with Crippen molar-refractivity contribution in [3.05, 3.63) is 35.9 Å². The highest BCUT2D eigenvalue weighted by Gasteiger charge is 2.34. The molecule has 0 saturated carbocycles. The lowest BCUT2D eigenvalue weighted by Crippen LogP contribution is -2.43. The van der Waals surface area contributed by atoms with E-state index in [0.717, 1.165) is 26.1 Å². The number of nitrogens with zero attached hydrogens (tertiary/aromatic N) is 1. The lowest BCUT2D eigenvalue weighted by molar-refractivity contribution is 0.0531. The highest BCUT2D eigenvalue weighted by Crippen LogP contribution is 2.35. The largest absolute Gasteiger partial charge is 0.383 e. The fourth-order valence-corrected chi connectivity index (χ4v) is 2.92. The van der Waals surface area contributed by atoms with Gasteiger partial charge >= 0.3 is 0 Å². The minimum Gasteiger partial charge on any atom is -0.383 e. The van der Waals surface area contributed by atoms with E-state index in [2.05, 4.69) is 34.6 Å². The van der Waals surface area contributed by atoms with Gasteiger partial charge in [-0.05, 0) is 25.3 Å². The molecule has 122 valence electrons. The summed E-state index contributed by atoms with van der Waals surface area (Å²) < 4.78 is 10.6. The van der Waals surface area contributed by atoms with Crippen LogP contribution in [0.4, 0.5) is 0 Å². The number of nitrogens with one attached hydrogen (secondary N) is 1. The van der Waals surface area contributed by atoms with Crippen molar-refractivity contribution in [2.75, 3.05) is 33.5 Å². The molecule has 2 rings (SSSR count). The van der Waals surface area contributed by atoms with E-state index >= 15 is 0 Å². The monoisotopic (exact) mass is 305 g/mol. The summed E-state index contributed by atoms with van der Waals surface area (Å²) >= 11 is 0. The minimum atomic E-state index is 0.0241. The predicted molar refractivity (Wildman–Crippen MR) is 89.1 cm³/mol. The van der Waals surface area contributed by atoms with Crippen LogP contribution in [0.3, 0.4) is 0 Å². The molecule has 1 aliphatic rings. The Labute approximate surface area is 132 Å².